The van der Waals surface area contributed by atoms with Crippen molar-refractivity contribution >= 4 is 44.3 Å². The van der Waals surface area contributed by atoms with E-state index in [9.17, 15) is 22.8 Å². The average molecular weight is 426 g/mol. The number of carboxylic acid groups (broad SMARTS) is 1. The molecule has 0 fully saturated rings. The van der Waals surface area contributed by atoms with Crippen molar-refractivity contribution in [1.82, 2.24) is 10.3 Å². The van der Waals surface area contributed by atoms with Crippen LogP contribution in [0.25, 0.3) is 0 Å². The maximum atomic E-state index is 12.3. The molecule has 1 atom stereocenters. The number of aliphatic carboxylic acids is 1. The minimum atomic E-state index is -3.80. The Morgan fingerprint density at radius 1 is 1.21 bits per heavy atom. The molecule has 150 valence electrons. The van der Waals surface area contributed by atoms with Gasteiger partial charge in [-0.15, -0.1) is 11.3 Å². The Balaban J connectivity index is 1.97. The molecule has 0 spiro atoms. The monoisotopic (exact) mass is 426 g/mol. The van der Waals surface area contributed by atoms with Crippen LogP contribution in [0.5, 0.6) is 0 Å². The SMILES string of the molecule is NC(=O)CCC(NC(=O)Cc1csc(NS(=O)(=O)c2ccccc2)n1)C(=O)O. The normalized spacial score (nSPS) is 12.1. The predicted octanol–water partition coefficient (Wildman–Crippen LogP) is 0.321. The largest absolute Gasteiger partial charge is 0.480 e. The molecule has 12 heteroatoms. The highest BCUT2D eigenvalue weighted by molar-refractivity contribution is 7.93. The van der Waals surface area contributed by atoms with Crippen molar-refractivity contribution in [3.63, 3.8) is 0 Å². The molecule has 1 heterocycles. The number of rotatable bonds is 10. The number of carboxylic acids is 1. The molecule has 0 bridgehead atoms. The zero-order valence-corrected chi connectivity index (χ0v) is 16.1. The number of nitrogens with two attached hydrogens (primary N) is 1. The maximum Gasteiger partial charge on any atom is 0.326 e. The van der Waals surface area contributed by atoms with Crippen LogP contribution in [0.3, 0.4) is 0 Å². The van der Waals surface area contributed by atoms with Crippen molar-refractivity contribution < 1.29 is 27.9 Å². The van der Waals surface area contributed by atoms with Gasteiger partial charge >= 0.3 is 5.97 Å². The van der Waals surface area contributed by atoms with E-state index >= 15 is 0 Å². The van der Waals surface area contributed by atoms with E-state index in [0.717, 1.165) is 11.3 Å². The van der Waals surface area contributed by atoms with Gasteiger partial charge in [0.25, 0.3) is 10.0 Å². The van der Waals surface area contributed by atoms with E-state index in [1.165, 1.54) is 17.5 Å². The predicted molar refractivity (Wildman–Crippen MR) is 101 cm³/mol. The van der Waals surface area contributed by atoms with E-state index in [1.54, 1.807) is 18.2 Å². The molecular weight excluding hydrogens is 408 g/mol. The first-order valence-corrected chi connectivity index (χ1v) is 10.4. The summed E-state index contributed by atoms with van der Waals surface area (Å²) in [5.41, 5.74) is 5.25. The Morgan fingerprint density at radius 2 is 1.89 bits per heavy atom. The Labute approximate surface area is 164 Å². The quantitative estimate of drug-likeness (QED) is 0.424. The molecule has 2 aromatic rings. The van der Waals surface area contributed by atoms with E-state index in [1.807, 2.05) is 0 Å². The summed E-state index contributed by atoms with van der Waals surface area (Å²) in [4.78, 5) is 38.0. The van der Waals surface area contributed by atoms with Crippen molar-refractivity contribution in [3.8, 4) is 0 Å². The lowest BCUT2D eigenvalue weighted by Crippen LogP contribution is -2.42. The summed E-state index contributed by atoms with van der Waals surface area (Å²) < 4.78 is 26.8. The molecule has 10 nitrogen and oxygen atoms in total. The Morgan fingerprint density at radius 3 is 2.50 bits per heavy atom. The summed E-state index contributed by atoms with van der Waals surface area (Å²) in [7, 11) is -3.80. The van der Waals surface area contributed by atoms with Gasteiger partial charge < -0.3 is 16.2 Å². The van der Waals surface area contributed by atoms with Crippen molar-refractivity contribution in [2.45, 2.75) is 30.2 Å². The molecule has 0 saturated heterocycles. The third-order valence-electron chi connectivity index (χ3n) is 3.48. The van der Waals surface area contributed by atoms with Crippen LogP contribution >= 0.6 is 11.3 Å². The standard InChI is InChI=1S/C16H18N4O6S2/c17-13(21)7-6-12(15(23)24)19-14(22)8-10-9-27-16(18-10)20-28(25,26)11-4-2-1-3-5-11/h1-5,9,12H,6-8H2,(H2,17,21)(H,18,20)(H,19,22)(H,23,24). The van der Waals surface area contributed by atoms with Gasteiger partial charge in [-0.05, 0) is 18.6 Å². The number of amides is 2. The number of nitrogens with one attached hydrogen (secondary N) is 2. The van der Waals surface area contributed by atoms with E-state index in [-0.39, 0.29) is 35.0 Å². The molecule has 1 unspecified atom stereocenters. The minimum absolute atomic E-state index is 0.0724. The van der Waals surface area contributed by atoms with Crippen LogP contribution in [-0.4, -0.2) is 42.3 Å². The van der Waals surface area contributed by atoms with Gasteiger partial charge in [-0.25, -0.2) is 18.2 Å². The third kappa shape index (κ3) is 6.32. The zero-order chi connectivity index (χ0) is 20.7. The topological polar surface area (TPSA) is 169 Å². The number of nitrogens with zero attached hydrogens (tertiary/aromatic N) is 1. The molecule has 0 aliphatic rings. The first kappa shape index (κ1) is 21.3. The Kier molecular flexibility index (Phi) is 7.06. The molecule has 0 aliphatic heterocycles. The lowest BCUT2D eigenvalue weighted by molar-refractivity contribution is -0.142. The molecule has 1 aromatic carbocycles. The van der Waals surface area contributed by atoms with E-state index in [4.69, 9.17) is 10.8 Å². The van der Waals surface area contributed by atoms with E-state index in [0.29, 0.717) is 0 Å². The molecule has 28 heavy (non-hydrogen) atoms. The zero-order valence-electron chi connectivity index (χ0n) is 14.5. The molecule has 2 rings (SSSR count). The lowest BCUT2D eigenvalue weighted by atomic mass is 10.1. The summed E-state index contributed by atoms with van der Waals surface area (Å²) in [5.74, 6) is -2.58. The number of hydrogen-bond donors (Lipinski definition) is 4. The number of sulfonamides is 1. The number of anilines is 1. The van der Waals surface area contributed by atoms with Crippen LogP contribution in [0.4, 0.5) is 5.13 Å². The number of hydrogen-bond acceptors (Lipinski definition) is 7. The average Bonchev–Trinajstić information content (AvgIpc) is 3.04. The number of carbonyl (C=O) groups is 3. The highest BCUT2D eigenvalue weighted by atomic mass is 32.2. The number of aromatic nitrogens is 1. The summed E-state index contributed by atoms with van der Waals surface area (Å²) in [6, 6.07) is 6.47. The number of thiazole rings is 1. The second kappa shape index (κ2) is 9.28. The molecule has 0 aliphatic carbocycles. The van der Waals surface area contributed by atoms with Crippen molar-refractivity contribution in [1.29, 1.82) is 0 Å². The maximum absolute atomic E-state index is 12.3. The highest BCUT2D eigenvalue weighted by Gasteiger charge is 2.21. The molecule has 0 saturated carbocycles. The third-order valence-corrected chi connectivity index (χ3v) is 5.77. The smallest absolute Gasteiger partial charge is 0.326 e. The van der Waals surface area contributed by atoms with Crippen LogP contribution in [0.15, 0.2) is 40.6 Å². The van der Waals surface area contributed by atoms with Gasteiger partial charge in [-0.2, -0.15) is 0 Å². The van der Waals surface area contributed by atoms with Gasteiger partial charge in [0.2, 0.25) is 11.8 Å². The summed E-state index contributed by atoms with van der Waals surface area (Å²) in [5, 5.41) is 12.9. The van der Waals surface area contributed by atoms with Gasteiger partial charge in [-0.3, -0.25) is 14.3 Å². The number of primary amides is 1. The fourth-order valence-electron chi connectivity index (χ4n) is 2.16. The van der Waals surface area contributed by atoms with Gasteiger partial charge in [0, 0.05) is 11.8 Å². The van der Waals surface area contributed by atoms with E-state index in [2.05, 4.69) is 15.0 Å². The number of benzene rings is 1. The van der Waals surface area contributed by atoms with Gasteiger partial charge in [0.05, 0.1) is 17.0 Å². The second-order valence-corrected chi connectivity index (χ2v) is 8.24. The van der Waals surface area contributed by atoms with Crippen molar-refractivity contribution in [2.75, 3.05) is 4.72 Å². The number of carbonyl (C=O) groups excluding carboxylic acids is 2. The highest BCUT2D eigenvalue weighted by Crippen LogP contribution is 2.20. The van der Waals surface area contributed by atoms with Crippen LogP contribution in [-0.2, 0) is 30.8 Å². The van der Waals surface area contributed by atoms with Crippen molar-refractivity contribution in [2.24, 2.45) is 5.73 Å². The van der Waals surface area contributed by atoms with Gasteiger partial charge in [-0.1, -0.05) is 18.2 Å². The lowest BCUT2D eigenvalue weighted by Gasteiger charge is -2.13. The molecule has 2 amide bonds. The Hall–Kier alpha value is -2.99. The molecular formula is C16H18N4O6S2. The van der Waals surface area contributed by atoms with Crippen LogP contribution in [0, 0.1) is 0 Å². The summed E-state index contributed by atoms with van der Waals surface area (Å²) in [6.45, 7) is 0. The Bertz CT molecular complexity index is 959. The van der Waals surface area contributed by atoms with Crippen molar-refractivity contribution in [3.05, 3.63) is 41.4 Å². The van der Waals surface area contributed by atoms with Gasteiger partial charge in [0.15, 0.2) is 5.13 Å². The van der Waals surface area contributed by atoms with Gasteiger partial charge in [0.1, 0.15) is 6.04 Å². The van der Waals surface area contributed by atoms with Crippen LogP contribution in [0.2, 0.25) is 0 Å². The van der Waals surface area contributed by atoms with Crippen LogP contribution < -0.4 is 15.8 Å². The first-order valence-electron chi connectivity index (χ1n) is 8.00. The first-order chi connectivity index (χ1) is 13.2. The summed E-state index contributed by atoms with van der Waals surface area (Å²) in [6.07, 6.45) is -0.557. The van der Waals surface area contributed by atoms with E-state index < -0.39 is 33.8 Å². The van der Waals surface area contributed by atoms with Crippen LogP contribution in [0.1, 0.15) is 18.5 Å². The molecule has 0 radical (unpaired) electrons. The molecule has 5 N–H and O–H groups in total. The fraction of sp³-hybridized carbons (Fsp3) is 0.250. The second-order valence-electron chi connectivity index (χ2n) is 5.70. The minimum Gasteiger partial charge on any atom is -0.480 e. The molecule has 1 aromatic heterocycles. The fourth-order valence-corrected chi connectivity index (χ4v) is 4.15. The summed E-state index contributed by atoms with van der Waals surface area (Å²) >= 11 is 0.994.